The molecule has 0 spiro atoms. The van der Waals surface area contributed by atoms with E-state index >= 15 is 0 Å². The first-order valence-corrected chi connectivity index (χ1v) is 12.1. The molecule has 0 unspecified atom stereocenters. The molecule has 0 saturated carbocycles. The highest BCUT2D eigenvalue weighted by Gasteiger charge is 2.28. The minimum absolute atomic E-state index is 0.122. The van der Waals surface area contributed by atoms with Crippen molar-refractivity contribution in [2.75, 3.05) is 38.1 Å². The van der Waals surface area contributed by atoms with Crippen molar-refractivity contribution >= 4 is 37.5 Å². The lowest BCUT2D eigenvalue weighted by atomic mass is 10.2. The minimum Gasteiger partial charge on any atom is -0.372 e. The summed E-state index contributed by atoms with van der Waals surface area (Å²) in [6.45, 7) is 1.96. The van der Waals surface area contributed by atoms with Crippen molar-refractivity contribution in [3.63, 3.8) is 0 Å². The maximum Gasteiger partial charge on any atom is 0.252 e. The van der Waals surface area contributed by atoms with Gasteiger partial charge in [-0.3, -0.25) is 4.79 Å². The van der Waals surface area contributed by atoms with Crippen molar-refractivity contribution in [2.45, 2.75) is 24.2 Å². The summed E-state index contributed by atoms with van der Waals surface area (Å²) in [6, 6.07) is 11.0. The van der Waals surface area contributed by atoms with Crippen LogP contribution in [0.5, 0.6) is 0 Å². The van der Waals surface area contributed by atoms with Crippen LogP contribution in [0.25, 0.3) is 0 Å². The molecule has 1 saturated heterocycles. The number of halogens is 2. The molecule has 0 aromatic heterocycles. The van der Waals surface area contributed by atoms with Gasteiger partial charge in [0, 0.05) is 37.7 Å². The average molecular weight is 498 g/mol. The molecule has 1 fully saturated rings. The number of anilines is 1. The molecule has 30 heavy (non-hydrogen) atoms. The van der Waals surface area contributed by atoms with Gasteiger partial charge in [0.15, 0.2) is 0 Å². The van der Waals surface area contributed by atoms with E-state index in [0.717, 1.165) is 12.8 Å². The summed E-state index contributed by atoms with van der Waals surface area (Å²) in [5.74, 6) is -0.641. The first kappa shape index (κ1) is 22.7. The van der Waals surface area contributed by atoms with Gasteiger partial charge in [-0.15, -0.1) is 0 Å². The third kappa shape index (κ3) is 5.19. The molecule has 3 rings (SSSR count). The molecule has 162 valence electrons. The number of benzene rings is 2. The maximum absolute atomic E-state index is 13.8. The molecule has 2 aromatic carbocycles. The third-order valence-electron chi connectivity index (χ3n) is 5.10. The van der Waals surface area contributed by atoms with E-state index in [0.29, 0.717) is 42.8 Å². The summed E-state index contributed by atoms with van der Waals surface area (Å²) < 4.78 is 41.3. The molecule has 1 aliphatic heterocycles. The van der Waals surface area contributed by atoms with Crippen molar-refractivity contribution in [1.29, 1.82) is 0 Å². The minimum atomic E-state index is -3.59. The van der Waals surface area contributed by atoms with E-state index < -0.39 is 10.0 Å². The summed E-state index contributed by atoms with van der Waals surface area (Å²) in [5.41, 5.74) is 0.782. The molecule has 1 aliphatic rings. The number of carbonyl (C=O) groups is 1. The molecule has 9 heteroatoms. The van der Waals surface area contributed by atoms with Crippen LogP contribution in [0.4, 0.5) is 10.1 Å². The van der Waals surface area contributed by atoms with Crippen LogP contribution in [0, 0.1) is 5.82 Å². The van der Waals surface area contributed by atoms with Gasteiger partial charge in [-0.1, -0.05) is 12.1 Å². The fourth-order valence-electron chi connectivity index (χ4n) is 3.41. The van der Waals surface area contributed by atoms with Crippen molar-refractivity contribution in [3.8, 4) is 0 Å². The molecule has 6 nitrogen and oxygen atoms in total. The van der Waals surface area contributed by atoms with Crippen LogP contribution in [0.1, 0.15) is 29.6 Å². The predicted molar refractivity (Wildman–Crippen MR) is 119 cm³/mol. The number of hydrogen-bond donors (Lipinski definition) is 1. The Morgan fingerprint density at radius 2 is 1.90 bits per heavy atom. The second kappa shape index (κ2) is 9.89. The lowest BCUT2D eigenvalue weighted by Gasteiger charge is -2.20. The van der Waals surface area contributed by atoms with Crippen molar-refractivity contribution in [3.05, 3.63) is 58.3 Å². The van der Waals surface area contributed by atoms with Gasteiger partial charge in [0.2, 0.25) is 10.0 Å². The molecule has 0 bridgehead atoms. The first-order valence-electron chi connectivity index (χ1n) is 9.84. The number of amides is 1. The molecule has 0 aliphatic carbocycles. The van der Waals surface area contributed by atoms with E-state index in [-0.39, 0.29) is 22.2 Å². The molecule has 0 atom stereocenters. The third-order valence-corrected chi connectivity index (χ3v) is 7.69. The Balaban J connectivity index is 1.59. The highest BCUT2D eigenvalue weighted by atomic mass is 79.9. The second-order valence-electron chi connectivity index (χ2n) is 7.24. The molecule has 1 N–H and O–H groups in total. The van der Waals surface area contributed by atoms with Crippen LogP contribution in [-0.4, -0.2) is 51.9 Å². The Kier molecular flexibility index (Phi) is 7.49. The Labute approximate surface area is 185 Å². The van der Waals surface area contributed by atoms with Gasteiger partial charge < -0.3 is 10.2 Å². The summed E-state index contributed by atoms with van der Waals surface area (Å²) in [7, 11) is -1.80. The van der Waals surface area contributed by atoms with Crippen molar-refractivity contribution in [1.82, 2.24) is 9.62 Å². The van der Waals surface area contributed by atoms with E-state index in [4.69, 9.17) is 0 Å². The number of sulfonamides is 1. The van der Waals surface area contributed by atoms with Gasteiger partial charge in [-0.05, 0) is 65.5 Å². The SMILES string of the molecule is CN(CCCNC(=O)c1cc(S(=O)(=O)N2CCCC2)ccc1Br)c1ccccc1F. The number of rotatable bonds is 8. The van der Waals surface area contributed by atoms with Crippen LogP contribution in [-0.2, 0) is 10.0 Å². The molecular formula is C21H25BrFN3O3S. The van der Waals surface area contributed by atoms with E-state index in [1.54, 1.807) is 36.2 Å². The normalized spacial score (nSPS) is 14.6. The highest BCUT2D eigenvalue weighted by Crippen LogP contribution is 2.25. The van der Waals surface area contributed by atoms with Crippen molar-refractivity contribution < 1.29 is 17.6 Å². The predicted octanol–water partition coefficient (Wildman–Crippen LogP) is 3.63. The average Bonchev–Trinajstić information content (AvgIpc) is 3.27. The quantitative estimate of drug-likeness (QED) is 0.565. The monoisotopic (exact) mass is 497 g/mol. The van der Waals surface area contributed by atoms with Crippen LogP contribution in [0.2, 0.25) is 0 Å². The second-order valence-corrected chi connectivity index (χ2v) is 10.0. The van der Waals surface area contributed by atoms with Crippen LogP contribution in [0.15, 0.2) is 51.8 Å². The molecule has 0 radical (unpaired) electrons. The number of nitrogens with zero attached hydrogens (tertiary/aromatic N) is 2. The zero-order valence-electron chi connectivity index (χ0n) is 16.8. The smallest absolute Gasteiger partial charge is 0.252 e. The fourth-order valence-corrected chi connectivity index (χ4v) is 5.38. The Bertz CT molecular complexity index is 1010. The Morgan fingerprint density at radius 1 is 1.20 bits per heavy atom. The molecule has 1 heterocycles. The van der Waals surface area contributed by atoms with Gasteiger partial charge >= 0.3 is 0 Å². The topological polar surface area (TPSA) is 69.7 Å². The number of para-hydroxylation sites is 1. The van der Waals surface area contributed by atoms with Gasteiger partial charge in [-0.2, -0.15) is 4.31 Å². The van der Waals surface area contributed by atoms with Crippen LogP contribution in [0.3, 0.4) is 0 Å². The van der Waals surface area contributed by atoms with Gasteiger partial charge in [0.25, 0.3) is 5.91 Å². The summed E-state index contributed by atoms with van der Waals surface area (Å²) in [5, 5.41) is 2.81. The Hall–Kier alpha value is -1.97. The lowest BCUT2D eigenvalue weighted by Crippen LogP contribution is -2.30. The van der Waals surface area contributed by atoms with E-state index in [9.17, 15) is 17.6 Å². The largest absolute Gasteiger partial charge is 0.372 e. The fraction of sp³-hybridized carbons (Fsp3) is 0.381. The number of carbonyl (C=O) groups excluding carboxylic acids is 1. The molecule has 1 amide bonds. The Morgan fingerprint density at radius 3 is 2.60 bits per heavy atom. The van der Waals surface area contributed by atoms with E-state index in [1.807, 2.05) is 0 Å². The van der Waals surface area contributed by atoms with Crippen molar-refractivity contribution in [2.24, 2.45) is 0 Å². The van der Waals surface area contributed by atoms with E-state index in [2.05, 4.69) is 21.2 Å². The lowest BCUT2D eigenvalue weighted by molar-refractivity contribution is 0.0952. The zero-order chi connectivity index (χ0) is 21.7. The summed E-state index contributed by atoms with van der Waals surface area (Å²) in [4.78, 5) is 14.5. The van der Waals surface area contributed by atoms with Crippen LogP contribution < -0.4 is 10.2 Å². The van der Waals surface area contributed by atoms with Gasteiger partial charge in [-0.25, -0.2) is 12.8 Å². The number of nitrogens with one attached hydrogen (secondary N) is 1. The number of hydrogen-bond acceptors (Lipinski definition) is 4. The first-order chi connectivity index (χ1) is 14.3. The molecule has 2 aromatic rings. The van der Waals surface area contributed by atoms with Crippen LogP contribution >= 0.6 is 15.9 Å². The maximum atomic E-state index is 13.8. The van der Waals surface area contributed by atoms with Gasteiger partial charge in [0.05, 0.1) is 16.1 Å². The molecular weight excluding hydrogens is 473 g/mol. The van der Waals surface area contributed by atoms with E-state index in [1.165, 1.54) is 22.5 Å². The van der Waals surface area contributed by atoms with Gasteiger partial charge in [0.1, 0.15) is 5.82 Å². The summed E-state index contributed by atoms with van der Waals surface area (Å²) >= 11 is 3.33. The highest BCUT2D eigenvalue weighted by molar-refractivity contribution is 9.10. The summed E-state index contributed by atoms with van der Waals surface area (Å²) in [6.07, 6.45) is 2.31. The standard InChI is InChI=1S/C21H25BrFN3O3S/c1-25(20-8-3-2-7-19(20)23)12-6-11-24-21(27)17-15-16(9-10-18(17)22)30(28,29)26-13-4-5-14-26/h2-3,7-10,15H,4-6,11-14H2,1H3,(H,24,27). The zero-order valence-corrected chi connectivity index (χ0v) is 19.2.